The van der Waals surface area contributed by atoms with Crippen LogP contribution in [0.3, 0.4) is 0 Å². The average Bonchev–Trinajstić information content (AvgIpc) is 2.65. The van der Waals surface area contributed by atoms with Crippen LogP contribution in [0.15, 0.2) is 23.4 Å². The number of allylic oxidation sites excluding steroid dienone is 3. The van der Waals surface area contributed by atoms with Crippen LogP contribution in [0, 0.1) is 11.8 Å². The van der Waals surface area contributed by atoms with Gasteiger partial charge in [-0.25, -0.2) is 8.42 Å². The van der Waals surface area contributed by atoms with Crippen LogP contribution in [0.4, 0.5) is 0 Å². The lowest BCUT2D eigenvalue weighted by molar-refractivity contribution is -0.145. The molecule has 2 aliphatic rings. The predicted molar refractivity (Wildman–Crippen MR) is 98.8 cm³/mol. The first-order valence-corrected chi connectivity index (χ1v) is 10.2. The Hall–Kier alpha value is -1.83. The number of amides is 1. The van der Waals surface area contributed by atoms with Crippen molar-refractivity contribution >= 4 is 22.8 Å². The van der Waals surface area contributed by atoms with Gasteiger partial charge in [-0.3, -0.25) is 13.9 Å². The summed E-state index contributed by atoms with van der Waals surface area (Å²) in [6.07, 6.45) is 6.52. The third-order valence-corrected chi connectivity index (χ3v) is 6.10. The van der Waals surface area contributed by atoms with Crippen LogP contribution in [-0.4, -0.2) is 54.2 Å². The lowest BCUT2D eigenvalue weighted by Gasteiger charge is -2.35. The largest absolute Gasteiger partial charge is 0.481 e. The third-order valence-electron chi connectivity index (χ3n) is 5.33. The first-order valence-electron chi connectivity index (χ1n) is 9.11. The molecule has 2 rings (SSSR count). The molecule has 2 fully saturated rings. The van der Waals surface area contributed by atoms with Crippen molar-refractivity contribution in [2.45, 2.75) is 46.0 Å². The molecule has 0 aromatic rings. The molecule has 0 saturated carbocycles. The van der Waals surface area contributed by atoms with Crippen molar-refractivity contribution in [3.8, 4) is 0 Å². The van der Waals surface area contributed by atoms with Crippen LogP contribution < -0.4 is 0 Å². The van der Waals surface area contributed by atoms with Crippen molar-refractivity contribution in [2.75, 3.05) is 19.6 Å². The highest BCUT2D eigenvalue weighted by Crippen LogP contribution is 2.32. The zero-order valence-corrected chi connectivity index (χ0v) is 16.3. The maximum Gasteiger partial charge on any atom is 0.306 e. The fourth-order valence-electron chi connectivity index (χ4n) is 3.80. The maximum absolute atomic E-state index is 12.4. The number of carbonyl (C=O) groups is 2. The van der Waals surface area contributed by atoms with Crippen molar-refractivity contribution in [3.63, 3.8) is 0 Å². The quantitative estimate of drug-likeness (QED) is 0.705. The van der Waals surface area contributed by atoms with Crippen LogP contribution >= 0.6 is 0 Å². The van der Waals surface area contributed by atoms with Crippen LogP contribution in [0.5, 0.6) is 0 Å². The molecule has 26 heavy (non-hydrogen) atoms. The molecule has 0 aromatic heterocycles. The molecule has 0 unspecified atom stereocenters. The molecule has 2 aliphatic heterocycles. The average molecular weight is 384 g/mol. The molecule has 2 heterocycles. The number of likely N-dealkylation sites (tertiary alicyclic amines) is 1. The van der Waals surface area contributed by atoms with E-state index in [-0.39, 0.29) is 17.7 Å². The molecule has 146 valence electrons. The van der Waals surface area contributed by atoms with E-state index in [2.05, 4.69) is 0 Å². The Kier molecular flexibility index (Phi) is 7.25. The van der Waals surface area contributed by atoms with Gasteiger partial charge in [-0.1, -0.05) is 12.2 Å². The molecule has 2 saturated heterocycles. The summed E-state index contributed by atoms with van der Waals surface area (Å²) in [6.45, 7) is 5.11. The molecular formula is C18H28N2O5S. The van der Waals surface area contributed by atoms with Gasteiger partial charge in [0.2, 0.25) is 16.8 Å². The van der Waals surface area contributed by atoms with E-state index in [1.807, 2.05) is 26.0 Å². The topological polar surface area (TPSA) is 95.0 Å². The maximum atomic E-state index is 12.4. The summed E-state index contributed by atoms with van der Waals surface area (Å²) in [7, 11) is -2.70. The summed E-state index contributed by atoms with van der Waals surface area (Å²) in [5.41, 5.74) is 1.74. The van der Waals surface area contributed by atoms with Gasteiger partial charge in [0.25, 0.3) is 0 Å². The van der Waals surface area contributed by atoms with Crippen LogP contribution in [0.25, 0.3) is 0 Å². The fraction of sp³-hybridized carbons (Fsp3) is 0.667. The minimum Gasteiger partial charge on any atom is -0.481 e. The number of hydrogen-bond acceptors (Lipinski definition) is 4. The van der Waals surface area contributed by atoms with E-state index in [1.54, 1.807) is 4.90 Å². The lowest BCUT2D eigenvalue weighted by atomic mass is 9.88. The van der Waals surface area contributed by atoms with Gasteiger partial charge in [-0.05, 0) is 51.0 Å². The monoisotopic (exact) mass is 384 g/mol. The normalized spacial score (nSPS) is 25.3. The summed E-state index contributed by atoms with van der Waals surface area (Å²) in [5, 5.41) is 9.03. The third kappa shape index (κ3) is 4.87. The minimum absolute atomic E-state index is 0.0331. The highest BCUT2D eigenvalue weighted by atomic mass is 32.2. The molecule has 0 aromatic carbocycles. The first kappa shape index (κ1) is 20.5. The van der Waals surface area contributed by atoms with E-state index in [9.17, 15) is 18.0 Å². The molecule has 1 atom stereocenters. The molecular weight excluding hydrogens is 356 g/mol. The molecule has 8 heteroatoms. The Morgan fingerprint density at radius 1 is 1.19 bits per heavy atom. The zero-order valence-electron chi connectivity index (χ0n) is 15.4. The van der Waals surface area contributed by atoms with Gasteiger partial charge in [-0.15, -0.1) is 0 Å². The van der Waals surface area contributed by atoms with E-state index in [0.29, 0.717) is 45.3 Å². The van der Waals surface area contributed by atoms with E-state index >= 15 is 0 Å². The van der Waals surface area contributed by atoms with Gasteiger partial charge >= 0.3 is 5.97 Å². The summed E-state index contributed by atoms with van der Waals surface area (Å²) < 4.78 is 24.6. The van der Waals surface area contributed by atoms with Crippen molar-refractivity contribution in [3.05, 3.63) is 23.4 Å². The minimum atomic E-state index is -2.70. The van der Waals surface area contributed by atoms with Gasteiger partial charge < -0.3 is 10.0 Å². The van der Waals surface area contributed by atoms with Crippen LogP contribution in [0.1, 0.15) is 46.0 Å². The first-order chi connectivity index (χ1) is 12.4. The van der Waals surface area contributed by atoms with E-state index in [0.717, 1.165) is 17.7 Å². The van der Waals surface area contributed by atoms with Crippen molar-refractivity contribution in [1.29, 1.82) is 0 Å². The van der Waals surface area contributed by atoms with E-state index < -0.39 is 16.9 Å². The Morgan fingerprint density at radius 3 is 2.35 bits per heavy atom. The zero-order chi connectivity index (χ0) is 19.3. The molecule has 0 bridgehead atoms. The predicted octanol–water partition coefficient (Wildman–Crippen LogP) is 1.79. The highest BCUT2D eigenvalue weighted by Gasteiger charge is 2.30. The number of thiol groups is 1. The summed E-state index contributed by atoms with van der Waals surface area (Å²) in [4.78, 5) is 25.2. The number of carboxylic acid groups (broad SMARTS) is 1. The number of carbonyl (C=O) groups excluding carboxylic acids is 1. The number of hydrogen-bond donors (Lipinski definition) is 2. The smallest absolute Gasteiger partial charge is 0.306 e. The second-order valence-corrected chi connectivity index (χ2v) is 7.87. The summed E-state index contributed by atoms with van der Waals surface area (Å²) >= 11 is 0. The summed E-state index contributed by atoms with van der Waals surface area (Å²) in [6, 6.07) is 0. The lowest BCUT2D eigenvalue weighted by Crippen LogP contribution is -2.40. The van der Waals surface area contributed by atoms with E-state index in [4.69, 9.17) is 5.11 Å². The van der Waals surface area contributed by atoms with Crippen molar-refractivity contribution in [2.24, 2.45) is 11.8 Å². The van der Waals surface area contributed by atoms with Gasteiger partial charge in [-0.2, -0.15) is 0 Å². The molecule has 1 amide bonds. The van der Waals surface area contributed by atoms with Gasteiger partial charge in [0, 0.05) is 31.8 Å². The second kappa shape index (κ2) is 9.21. The Morgan fingerprint density at radius 2 is 1.85 bits per heavy atom. The molecule has 0 radical (unpaired) electrons. The second-order valence-electron chi connectivity index (χ2n) is 6.91. The molecule has 0 spiro atoms. The standard InChI is InChI=1S/C18H28N2O5S/c1-3-14-11-13(12-20(26(24)25)16(14)4-2)5-6-17(21)19-9-7-15(8-10-19)18(22)23/h3-4,13,15,26H,5-12H2,1-2H3,(H,22,23)/b14-3-,16-4+/t13-/m1/s1. The molecule has 0 aliphatic carbocycles. The Balaban J connectivity index is 1.91. The number of carboxylic acids is 1. The fourth-order valence-corrected chi connectivity index (χ4v) is 4.58. The molecule has 7 nitrogen and oxygen atoms in total. The van der Waals surface area contributed by atoms with Crippen molar-refractivity contribution in [1.82, 2.24) is 9.21 Å². The number of nitrogens with zero attached hydrogens (tertiary/aromatic N) is 2. The van der Waals surface area contributed by atoms with Crippen LogP contribution in [0.2, 0.25) is 0 Å². The van der Waals surface area contributed by atoms with Gasteiger partial charge in [0.15, 0.2) is 0 Å². The van der Waals surface area contributed by atoms with Gasteiger partial charge in [0.1, 0.15) is 0 Å². The Labute approximate surface area is 156 Å². The SMILES string of the molecule is C/C=C1/C[C@@H](CCC(=O)N2CCC(C(=O)O)CC2)CN([SH](=O)=O)/C1=C/C. The van der Waals surface area contributed by atoms with Crippen LogP contribution in [-0.2, 0) is 20.5 Å². The number of piperidine rings is 2. The number of aliphatic carboxylic acids is 1. The summed E-state index contributed by atoms with van der Waals surface area (Å²) in [5.74, 6) is -0.996. The van der Waals surface area contributed by atoms with Gasteiger partial charge in [0.05, 0.1) is 5.92 Å². The Bertz CT molecular complexity index is 667. The number of rotatable bonds is 5. The highest BCUT2D eigenvalue weighted by molar-refractivity contribution is 7.70. The molecule has 1 N–H and O–H groups in total. The van der Waals surface area contributed by atoms with Crippen molar-refractivity contribution < 1.29 is 23.1 Å². The van der Waals surface area contributed by atoms with E-state index in [1.165, 1.54) is 4.31 Å².